The van der Waals surface area contributed by atoms with E-state index in [1.54, 1.807) is 6.20 Å². The van der Waals surface area contributed by atoms with Crippen molar-refractivity contribution in [2.75, 3.05) is 25.0 Å². The van der Waals surface area contributed by atoms with Gasteiger partial charge in [0.15, 0.2) is 5.78 Å². The zero-order valence-electron chi connectivity index (χ0n) is 31.9. The number of nitrogens with one attached hydrogen (secondary N) is 1. The second-order valence-corrected chi connectivity index (χ2v) is 16.2. The van der Waals surface area contributed by atoms with Gasteiger partial charge < -0.3 is 15.5 Å². The number of carboxylic acids is 1. The van der Waals surface area contributed by atoms with Gasteiger partial charge in [-0.05, 0) is 145 Å². The summed E-state index contributed by atoms with van der Waals surface area (Å²) in [5, 5.41) is 22.9. The number of aliphatic carboxylic acids is 1. The third-order valence-corrected chi connectivity index (χ3v) is 12.2. The normalized spacial score (nSPS) is 20.4. The summed E-state index contributed by atoms with van der Waals surface area (Å²) in [6, 6.07) is 15.4. The van der Waals surface area contributed by atoms with Crippen LogP contribution in [0.25, 0.3) is 11.1 Å². The highest BCUT2D eigenvalue weighted by Gasteiger charge is 2.33. The maximum Gasteiger partial charge on any atom is 0.320 e. The monoisotopic (exact) mass is 741 g/mol. The van der Waals surface area contributed by atoms with Crippen LogP contribution in [0, 0.1) is 13.8 Å². The molecule has 4 aromatic rings. The van der Waals surface area contributed by atoms with Gasteiger partial charge in [-0.25, -0.2) is 0 Å². The first kappa shape index (κ1) is 37.2. The van der Waals surface area contributed by atoms with Crippen LogP contribution < -0.4 is 5.32 Å². The molecule has 8 rings (SSSR count). The molecule has 0 bridgehead atoms. The largest absolute Gasteiger partial charge is 0.480 e. The molecule has 0 radical (unpaired) electrons. The van der Waals surface area contributed by atoms with E-state index in [1.807, 2.05) is 62.5 Å². The molecule has 10 nitrogen and oxygen atoms in total. The Hall–Kier alpha value is -4.77. The fourth-order valence-corrected chi connectivity index (χ4v) is 8.64. The van der Waals surface area contributed by atoms with Gasteiger partial charge in [0, 0.05) is 50.7 Å². The minimum atomic E-state index is -0.770. The maximum absolute atomic E-state index is 13.8. The lowest BCUT2D eigenvalue weighted by Gasteiger charge is -2.33. The molecule has 55 heavy (non-hydrogen) atoms. The van der Waals surface area contributed by atoms with Crippen LogP contribution in [-0.2, 0) is 24.3 Å². The van der Waals surface area contributed by atoms with Crippen LogP contribution in [0.5, 0.6) is 0 Å². The van der Waals surface area contributed by atoms with Crippen LogP contribution in [0.4, 0.5) is 5.69 Å². The van der Waals surface area contributed by atoms with E-state index in [-0.39, 0.29) is 24.2 Å². The summed E-state index contributed by atoms with van der Waals surface area (Å²) in [5.41, 5.74) is 10.9. The number of ketones is 1. The Bertz CT molecular complexity index is 2120. The third-order valence-electron chi connectivity index (χ3n) is 12.2. The highest BCUT2D eigenvalue weighted by Crippen LogP contribution is 2.43. The summed E-state index contributed by atoms with van der Waals surface area (Å²) in [4.78, 5) is 52.9. The number of hydrogen-bond acceptors (Lipinski definition) is 8. The van der Waals surface area contributed by atoms with Gasteiger partial charge in [0.25, 0.3) is 5.91 Å². The van der Waals surface area contributed by atoms with Crippen molar-refractivity contribution in [1.29, 1.82) is 0 Å². The average Bonchev–Trinajstić information content (AvgIpc) is 4.12. The molecule has 2 atom stereocenters. The maximum atomic E-state index is 13.8. The number of piperidine rings is 1. The summed E-state index contributed by atoms with van der Waals surface area (Å²) >= 11 is 0. The molecule has 2 aliphatic carbocycles. The second kappa shape index (κ2) is 15.8. The van der Waals surface area contributed by atoms with Gasteiger partial charge in [-0.1, -0.05) is 36.8 Å². The van der Waals surface area contributed by atoms with Crippen molar-refractivity contribution in [3.63, 3.8) is 0 Å². The Kier molecular flexibility index (Phi) is 10.7. The first-order valence-corrected chi connectivity index (χ1v) is 20.0. The topological polar surface area (TPSA) is 136 Å². The summed E-state index contributed by atoms with van der Waals surface area (Å²) < 4.78 is 0. The number of aliphatic hydroxyl groups excluding tert-OH is 1. The van der Waals surface area contributed by atoms with Crippen molar-refractivity contribution >= 4 is 23.3 Å². The Labute approximate surface area is 323 Å². The van der Waals surface area contributed by atoms with Crippen LogP contribution >= 0.6 is 0 Å². The lowest BCUT2D eigenvalue weighted by molar-refractivity contribution is -0.144. The van der Waals surface area contributed by atoms with Crippen LogP contribution in [0.3, 0.4) is 0 Å². The van der Waals surface area contributed by atoms with Gasteiger partial charge in [-0.15, -0.1) is 0 Å². The number of hydrogen-bond donors (Lipinski definition) is 3. The van der Waals surface area contributed by atoms with E-state index in [1.165, 1.54) is 5.56 Å². The van der Waals surface area contributed by atoms with Gasteiger partial charge in [-0.2, -0.15) is 0 Å². The Morgan fingerprint density at radius 3 is 2.09 bits per heavy atom. The molecule has 10 heteroatoms. The minimum Gasteiger partial charge on any atom is -0.480 e. The van der Waals surface area contributed by atoms with Gasteiger partial charge in [0.1, 0.15) is 17.4 Å². The quantitative estimate of drug-likeness (QED) is 0.122. The molecule has 0 unspecified atom stereocenters. The molecule has 2 saturated heterocycles. The molecular weight excluding hydrogens is 691 g/mol. The van der Waals surface area contributed by atoms with E-state index in [9.17, 15) is 24.6 Å². The molecule has 3 N–H and O–H groups in total. The molecule has 4 fully saturated rings. The van der Waals surface area contributed by atoms with Gasteiger partial charge in [0.2, 0.25) is 0 Å². The first-order chi connectivity index (χ1) is 26.6. The lowest BCUT2D eigenvalue weighted by atomic mass is 9.90. The minimum absolute atomic E-state index is 0.0464. The number of β-amino-alcohol motifs (C(OH)–C–C–N with tert-alkyl or cyclic N) is 1. The van der Waals surface area contributed by atoms with Crippen molar-refractivity contribution in [2.24, 2.45) is 0 Å². The van der Waals surface area contributed by atoms with Crippen molar-refractivity contribution in [3.05, 3.63) is 111 Å². The smallest absolute Gasteiger partial charge is 0.320 e. The number of aliphatic hydroxyl groups is 1. The Morgan fingerprint density at radius 1 is 0.764 bits per heavy atom. The lowest BCUT2D eigenvalue weighted by Crippen LogP contribution is -2.44. The average molecular weight is 742 g/mol. The molecule has 0 spiro atoms. The number of likely N-dealkylation sites (tertiary alicyclic amines) is 2. The fourth-order valence-electron chi connectivity index (χ4n) is 8.64. The zero-order valence-corrected chi connectivity index (χ0v) is 31.9. The highest BCUT2D eigenvalue weighted by molar-refractivity contribution is 6.04. The molecule has 2 aliphatic heterocycles. The van der Waals surface area contributed by atoms with Crippen LogP contribution in [0.1, 0.15) is 123 Å². The van der Waals surface area contributed by atoms with E-state index in [0.717, 1.165) is 109 Å². The van der Waals surface area contributed by atoms with Crippen LogP contribution in [0.15, 0.2) is 60.9 Å². The van der Waals surface area contributed by atoms with Gasteiger partial charge in [-0.3, -0.25) is 34.2 Å². The fraction of sp³-hybridized carbons (Fsp3) is 0.444. The van der Waals surface area contributed by atoms with Crippen LogP contribution in [-0.4, -0.2) is 79.4 Å². The van der Waals surface area contributed by atoms with Crippen molar-refractivity contribution in [1.82, 2.24) is 19.8 Å². The van der Waals surface area contributed by atoms with E-state index in [4.69, 9.17) is 0 Å². The van der Waals surface area contributed by atoms with Crippen molar-refractivity contribution < 1.29 is 24.6 Å². The molecule has 4 aliphatic rings. The standard InChI is InChI=1S/C45H51N5O5/c1-27-31(19-43(52)40-20-37(29-12-13-29)33(23-46-40)25-50-17-4-3-11-42(50)45(54)55)7-5-8-35(27)36-9-6-10-39(28(36)2)48-44(53)41-21-38(30-14-15-30)32(22-47-41)24-49-18-16-34(51)26-49/h5-10,20-23,29-30,34,42,51H,3-4,11-19,24-26H2,1-2H3,(H,48,53)(H,54,55)/t34-,42-/m0/s1. The number of nitrogens with zero attached hydrogens (tertiary/aromatic N) is 4. The second-order valence-electron chi connectivity index (χ2n) is 16.2. The number of carbonyl (C=O) groups is 3. The van der Waals surface area contributed by atoms with E-state index < -0.39 is 12.0 Å². The van der Waals surface area contributed by atoms with Gasteiger partial charge >= 0.3 is 5.97 Å². The Balaban J connectivity index is 0.978. The summed E-state index contributed by atoms with van der Waals surface area (Å²) in [7, 11) is 0. The Morgan fingerprint density at radius 2 is 1.42 bits per heavy atom. The molecule has 286 valence electrons. The SMILES string of the molecule is Cc1c(CC(=O)c2cc(C3CC3)c(CN3CCCC[C@H]3C(=O)O)cn2)cccc1-c1cccc(NC(=O)c2cc(C3CC3)c(CN3CC[C@H](O)C3)cn2)c1C. The summed E-state index contributed by atoms with van der Waals surface area (Å²) in [6.07, 6.45) is 11.3. The number of pyridine rings is 2. The number of rotatable bonds is 13. The molecule has 1 amide bonds. The van der Waals surface area contributed by atoms with Gasteiger partial charge in [0.05, 0.1) is 6.10 Å². The van der Waals surface area contributed by atoms with E-state index >= 15 is 0 Å². The number of benzene rings is 2. The van der Waals surface area contributed by atoms with E-state index in [2.05, 4.69) is 31.2 Å². The molecule has 2 saturated carbocycles. The molecule has 2 aromatic heterocycles. The summed E-state index contributed by atoms with van der Waals surface area (Å²) in [6.45, 7) is 7.62. The number of aromatic nitrogens is 2. The van der Waals surface area contributed by atoms with Crippen LogP contribution in [0.2, 0.25) is 0 Å². The third kappa shape index (κ3) is 8.27. The molecule has 2 aromatic carbocycles. The predicted molar refractivity (Wildman–Crippen MR) is 211 cm³/mol. The number of carboxylic acid groups (broad SMARTS) is 1. The molecular formula is C45H51N5O5. The van der Waals surface area contributed by atoms with Crippen molar-refractivity contribution in [3.8, 4) is 11.1 Å². The number of carbonyl (C=O) groups excluding carboxylic acids is 2. The number of anilines is 1. The number of Topliss-reactive ketones (excluding diaryl/α,β-unsaturated/α-hetero) is 1. The first-order valence-electron chi connectivity index (χ1n) is 20.0. The molecule has 4 heterocycles. The predicted octanol–water partition coefficient (Wildman–Crippen LogP) is 7.20. The van der Waals surface area contributed by atoms with Crippen molar-refractivity contribution in [2.45, 2.75) is 109 Å². The highest BCUT2D eigenvalue weighted by atomic mass is 16.4. The number of amides is 1. The summed E-state index contributed by atoms with van der Waals surface area (Å²) in [5.74, 6) is -0.214. The zero-order chi connectivity index (χ0) is 38.2. The van der Waals surface area contributed by atoms with E-state index in [0.29, 0.717) is 48.4 Å².